The molecule has 31 heavy (non-hydrogen) atoms. The number of aromatic amines is 1. The largest absolute Gasteiger partial charge is 0.391 e. The highest BCUT2D eigenvalue weighted by Crippen LogP contribution is 2.34. The number of carbonyl (C=O) groups is 3. The number of halogens is 1. The fourth-order valence-corrected chi connectivity index (χ4v) is 3.56. The summed E-state index contributed by atoms with van der Waals surface area (Å²) in [6.07, 6.45) is 0.468. The second-order valence-electron chi connectivity index (χ2n) is 7.39. The predicted octanol–water partition coefficient (Wildman–Crippen LogP) is 1.88. The molecule has 0 saturated carbocycles. The molecule has 0 spiro atoms. The van der Waals surface area contributed by atoms with Crippen molar-refractivity contribution in [1.82, 2.24) is 15.6 Å². The van der Waals surface area contributed by atoms with Crippen LogP contribution in [0.5, 0.6) is 0 Å². The molecule has 1 aromatic heterocycles. The minimum Gasteiger partial charge on any atom is -0.391 e. The number of aryl methyl sites for hydroxylation is 1. The van der Waals surface area contributed by atoms with Gasteiger partial charge < -0.3 is 26.0 Å². The molecule has 1 aliphatic heterocycles. The number of aromatic nitrogens is 1. The van der Waals surface area contributed by atoms with Crippen molar-refractivity contribution >= 4 is 35.1 Å². The molecule has 3 amide bonds. The molecule has 0 saturated heterocycles. The number of rotatable bonds is 7. The molecule has 1 unspecified atom stereocenters. The molecule has 0 bridgehead atoms. The van der Waals surface area contributed by atoms with Crippen LogP contribution in [0, 0.1) is 19.7 Å². The number of benzene rings is 1. The molecule has 1 atom stereocenters. The number of carbonyl (C=O) groups excluding carboxylic acids is 3. The van der Waals surface area contributed by atoms with Gasteiger partial charge in [0.15, 0.2) is 0 Å². The number of anilines is 1. The summed E-state index contributed by atoms with van der Waals surface area (Å²) in [4.78, 5) is 39.6. The number of H-pyrrole nitrogens is 1. The van der Waals surface area contributed by atoms with Gasteiger partial charge in [-0.2, -0.15) is 0 Å². The number of hydrogen-bond donors (Lipinski definition) is 5. The maximum absolute atomic E-state index is 13.7. The van der Waals surface area contributed by atoms with Crippen LogP contribution in [0.1, 0.15) is 46.2 Å². The highest BCUT2D eigenvalue weighted by Gasteiger charge is 2.26. The van der Waals surface area contributed by atoms with Crippen LogP contribution in [-0.2, 0) is 9.59 Å². The summed E-state index contributed by atoms with van der Waals surface area (Å²) in [5, 5.41) is 17.9. The lowest BCUT2D eigenvalue weighted by molar-refractivity contribution is -0.122. The van der Waals surface area contributed by atoms with Gasteiger partial charge in [-0.25, -0.2) is 4.39 Å². The zero-order chi connectivity index (χ0) is 22.7. The Bertz CT molecular complexity index is 1070. The highest BCUT2D eigenvalue weighted by molar-refractivity contribution is 6.34. The Balaban J connectivity index is 1.78. The fraction of sp³-hybridized carbons (Fsp3) is 0.318. The van der Waals surface area contributed by atoms with E-state index in [4.69, 9.17) is 0 Å². The number of aliphatic hydroxyl groups excluding tert-OH is 1. The van der Waals surface area contributed by atoms with Gasteiger partial charge in [-0.1, -0.05) is 0 Å². The van der Waals surface area contributed by atoms with Gasteiger partial charge in [-0.3, -0.25) is 14.4 Å². The van der Waals surface area contributed by atoms with Gasteiger partial charge in [-0.05, 0) is 50.6 Å². The topological polar surface area (TPSA) is 123 Å². The molecule has 2 heterocycles. The van der Waals surface area contributed by atoms with Gasteiger partial charge in [0.25, 0.3) is 11.8 Å². The van der Waals surface area contributed by atoms with Crippen molar-refractivity contribution in [2.45, 2.75) is 33.3 Å². The van der Waals surface area contributed by atoms with Crippen molar-refractivity contribution in [3.05, 3.63) is 52.1 Å². The maximum atomic E-state index is 13.7. The summed E-state index contributed by atoms with van der Waals surface area (Å²) in [5.41, 5.74) is 3.40. The molecule has 9 heteroatoms. The van der Waals surface area contributed by atoms with Gasteiger partial charge in [0.1, 0.15) is 5.82 Å². The van der Waals surface area contributed by atoms with E-state index < -0.39 is 17.8 Å². The van der Waals surface area contributed by atoms with Crippen LogP contribution < -0.4 is 16.0 Å². The van der Waals surface area contributed by atoms with Crippen LogP contribution in [-0.4, -0.2) is 47.0 Å². The van der Waals surface area contributed by atoms with Gasteiger partial charge in [0.2, 0.25) is 5.91 Å². The summed E-state index contributed by atoms with van der Waals surface area (Å²) in [6.45, 7) is 5.62. The monoisotopic (exact) mass is 428 g/mol. The van der Waals surface area contributed by atoms with Gasteiger partial charge in [-0.15, -0.1) is 0 Å². The molecular formula is C22H25FN4O4. The first-order valence-corrected chi connectivity index (χ1v) is 9.96. The molecule has 0 fully saturated rings. The second-order valence-corrected chi connectivity index (χ2v) is 7.39. The third-order valence-electron chi connectivity index (χ3n) is 5.05. The van der Waals surface area contributed by atoms with Crippen molar-refractivity contribution in [2.24, 2.45) is 0 Å². The maximum Gasteiger partial charge on any atom is 0.256 e. The van der Waals surface area contributed by atoms with Crippen LogP contribution in [0.25, 0.3) is 11.6 Å². The van der Waals surface area contributed by atoms with E-state index in [1.807, 2.05) is 0 Å². The van der Waals surface area contributed by atoms with Crippen LogP contribution in [0.2, 0.25) is 0 Å². The summed E-state index contributed by atoms with van der Waals surface area (Å²) >= 11 is 0. The summed E-state index contributed by atoms with van der Waals surface area (Å²) in [6, 6.07) is 4.06. The number of hydrogen-bond acceptors (Lipinski definition) is 4. The van der Waals surface area contributed by atoms with Gasteiger partial charge in [0.05, 0.1) is 23.7 Å². The number of amides is 3. The minimum absolute atomic E-state index is 0.0779. The quantitative estimate of drug-likeness (QED) is 0.432. The molecule has 0 radical (unpaired) electrons. The van der Waals surface area contributed by atoms with Crippen molar-refractivity contribution in [3.63, 3.8) is 0 Å². The van der Waals surface area contributed by atoms with Crippen LogP contribution in [0.3, 0.4) is 0 Å². The third-order valence-corrected chi connectivity index (χ3v) is 5.05. The first kappa shape index (κ1) is 22.2. The lowest BCUT2D eigenvalue weighted by Gasteiger charge is -2.12. The zero-order valence-electron chi connectivity index (χ0n) is 17.6. The summed E-state index contributed by atoms with van der Waals surface area (Å²) < 4.78 is 13.7. The Labute approximate surface area is 178 Å². The number of aliphatic hydroxyl groups is 1. The van der Waals surface area contributed by atoms with Crippen LogP contribution in [0.4, 0.5) is 10.1 Å². The molecular weight excluding hydrogens is 403 g/mol. The second kappa shape index (κ2) is 9.13. The standard InChI is InChI=1S/C22H25FN4O4/c1-4-24-19(29)8-14(28)10-25-22(31)20-11(2)18(26-12(20)3)9-16-15-7-13(23)5-6-17(15)27-21(16)30/h5-7,9,14,26,28H,4,8,10H2,1-3H3,(H,24,29)(H,25,31)(H,27,30). The van der Waals surface area contributed by atoms with E-state index in [-0.39, 0.29) is 24.8 Å². The Morgan fingerprint density at radius 3 is 2.71 bits per heavy atom. The van der Waals surface area contributed by atoms with Crippen molar-refractivity contribution in [3.8, 4) is 0 Å². The van der Waals surface area contributed by atoms with E-state index in [0.717, 1.165) is 0 Å². The smallest absolute Gasteiger partial charge is 0.256 e. The normalized spacial score (nSPS) is 14.9. The van der Waals surface area contributed by atoms with E-state index >= 15 is 0 Å². The molecule has 2 aromatic rings. The van der Waals surface area contributed by atoms with E-state index in [0.29, 0.717) is 45.9 Å². The van der Waals surface area contributed by atoms with Crippen molar-refractivity contribution in [2.75, 3.05) is 18.4 Å². The fourth-order valence-electron chi connectivity index (χ4n) is 3.56. The Kier molecular flexibility index (Phi) is 6.55. The van der Waals surface area contributed by atoms with Gasteiger partial charge >= 0.3 is 0 Å². The van der Waals surface area contributed by atoms with Crippen LogP contribution >= 0.6 is 0 Å². The van der Waals surface area contributed by atoms with E-state index in [1.165, 1.54) is 18.2 Å². The molecule has 3 rings (SSSR count). The minimum atomic E-state index is -1.01. The molecule has 5 N–H and O–H groups in total. The first-order valence-electron chi connectivity index (χ1n) is 9.96. The van der Waals surface area contributed by atoms with E-state index in [2.05, 4.69) is 20.9 Å². The Morgan fingerprint density at radius 1 is 1.26 bits per heavy atom. The van der Waals surface area contributed by atoms with Crippen LogP contribution in [0.15, 0.2) is 18.2 Å². The average molecular weight is 428 g/mol. The average Bonchev–Trinajstić information content (AvgIpc) is 3.15. The number of nitrogens with one attached hydrogen (secondary N) is 4. The summed E-state index contributed by atoms with van der Waals surface area (Å²) in [5.74, 6) is -1.51. The molecule has 164 valence electrons. The van der Waals surface area contributed by atoms with Gasteiger partial charge in [0, 0.05) is 35.7 Å². The molecule has 1 aliphatic rings. The predicted molar refractivity (Wildman–Crippen MR) is 115 cm³/mol. The van der Waals surface area contributed by atoms with E-state index in [1.54, 1.807) is 26.8 Å². The number of fused-ring (bicyclic) bond motifs is 1. The SMILES string of the molecule is CCNC(=O)CC(O)CNC(=O)c1c(C)[nH]c(C=C2C(=O)Nc3ccc(F)cc32)c1C. The Morgan fingerprint density at radius 2 is 2.00 bits per heavy atom. The molecule has 8 nitrogen and oxygen atoms in total. The first-order chi connectivity index (χ1) is 14.7. The molecule has 0 aliphatic carbocycles. The van der Waals surface area contributed by atoms with Crippen molar-refractivity contribution < 1.29 is 23.9 Å². The lowest BCUT2D eigenvalue weighted by atomic mass is 10.0. The van der Waals surface area contributed by atoms with E-state index in [9.17, 15) is 23.9 Å². The zero-order valence-corrected chi connectivity index (χ0v) is 17.6. The lowest BCUT2D eigenvalue weighted by Crippen LogP contribution is -2.36. The summed E-state index contributed by atoms with van der Waals surface area (Å²) in [7, 11) is 0. The highest BCUT2D eigenvalue weighted by atomic mass is 19.1. The Hall–Kier alpha value is -3.46. The van der Waals surface area contributed by atoms with Crippen molar-refractivity contribution in [1.29, 1.82) is 0 Å². The molecule has 1 aromatic carbocycles. The third kappa shape index (κ3) is 4.83.